The van der Waals surface area contributed by atoms with Crippen LogP contribution in [-0.4, -0.2) is 33.2 Å². The Morgan fingerprint density at radius 1 is 1.14 bits per heavy atom. The van der Waals surface area contributed by atoms with Crippen LogP contribution in [0.15, 0.2) is 48.7 Å². The quantitative estimate of drug-likeness (QED) is 0.944. The molecule has 1 amide bonds. The van der Waals surface area contributed by atoms with Gasteiger partial charge < -0.3 is 14.4 Å². The number of carboxylic acid groups (broad SMARTS) is 1. The summed E-state index contributed by atoms with van der Waals surface area (Å²) >= 11 is 0. The third kappa shape index (κ3) is 2.67. The van der Waals surface area contributed by atoms with E-state index in [4.69, 9.17) is 4.74 Å². The summed E-state index contributed by atoms with van der Waals surface area (Å²) < 4.78 is 7.10. The second-order valence-electron chi connectivity index (χ2n) is 5.10. The minimum Gasteiger partial charge on any atom is -0.479 e. The molecule has 0 spiro atoms. The first-order valence-corrected chi connectivity index (χ1v) is 7.02. The Morgan fingerprint density at radius 2 is 1.91 bits per heavy atom. The van der Waals surface area contributed by atoms with Crippen molar-refractivity contribution in [1.29, 1.82) is 0 Å². The first-order chi connectivity index (χ1) is 10.7. The van der Waals surface area contributed by atoms with Crippen LogP contribution < -0.4 is 0 Å². The largest absolute Gasteiger partial charge is 0.479 e. The molecule has 0 aliphatic carbocycles. The Hall–Kier alpha value is -2.76. The van der Waals surface area contributed by atoms with E-state index >= 15 is 0 Å². The molecular weight excluding hydrogens is 284 g/mol. The summed E-state index contributed by atoms with van der Waals surface area (Å²) in [4.78, 5) is 25.1. The van der Waals surface area contributed by atoms with Gasteiger partial charge in [-0.25, -0.2) is 9.59 Å². The number of rotatable bonds is 3. The van der Waals surface area contributed by atoms with Crippen molar-refractivity contribution in [3.8, 4) is 0 Å². The van der Waals surface area contributed by atoms with Gasteiger partial charge in [-0.05, 0) is 17.7 Å². The van der Waals surface area contributed by atoms with E-state index in [0.717, 1.165) is 5.56 Å². The zero-order valence-corrected chi connectivity index (χ0v) is 11.9. The van der Waals surface area contributed by atoms with E-state index in [2.05, 4.69) is 0 Å². The highest BCUT2D eigenvalue weighted by atomic mass is 16.6. The molecule has 0 radical (unpaired) electrons. The van der Waals surface area contributed by atoms with E-state index < -0.39 is 18.1 Å². The number of benzene rings is 1. The summed E-state index contributed by atoms with van der Waals surface area (Å²) in [5.41, 5.74) is 1.46. The van der Waals surface area contributed by atoms with Crippen LogP contribution >= 0.6 is 0 Å². The van der Waals surface area contributed by atoms with Crippen LogP contribution in [0.4, 0.5) is 4.79 Å². The third-order valence-corrected chi connectivity index (χ3v) is 3.71. The molecule has 22 heavy (non-hydrogen) atoms. The molecule has 6 nitrogen and oxygen atoms in total. The fraction of sp³-hybridized carbons (Fsp3) is 0.250. The Kier molecular flexibility index (Phi) is 3.82. The van der Waals surface area contributed by atoms with Crippen molar-refractivity contribution in [2.24, 2.45) is 0 Å². The second kappa shape index (κ2) is 5.93. The predicted molar refractivity (Wildman–Crippen MR) is 78.1 cm³/mol. The monoisotopic (exact) mass is 300 g/mol. The van der Waals surface area contributed by atoms with Gasteiger partial charge in [-0.1, -0.05) is 30.3 Å². The number of amides is 1. The van der Waals surface area contributed by atoms with Crippen LogP contribution in [0, 0.1) is 0 Å². The summed E-state index contributed by atoms with van der Waals surface area (Å²) in [7, 11) is 0. The van der Waals surface area contributed by atoms with Gasteiger partial charge in [-0.15, -0.1) is 0 Å². The van der Waals surface area contributed by atoms with Gasteiger partial charge in [0.25, 0.3) is 0 Å². The molecule has 2 heterocycles. The molecule has 1 aromatic heterocycles. The molecule has 2 aromatic rings. The number of carbonyl (C=O) groups is 2. The van der Waals surface area contributed by atoms with Crippen LogP contribution in [-0.2, 0) is 22.7 Å². The summed E-state index contributed by atoms with van der Waals surface area (Å²) in [6.07, 6.45) is 1.21. The maximum atomic E-state index is 12.2. The minimum atomic E-state index is -1.06. The summed E-state index contributed by atoms with van der Waals surface area (Å²) in [6, 6.07) is 11.8. The Bertz CT molecular complexity index is 680. The SMILES string of the molecule is O=C(O)C1c2cccn2CCN1C(=O)OCc1ccccc1. The molecule has 1 unspecified atom stereocenters. The van der Waals surface area contributed by atoms with Crippen molar-refractivity contribution >= 4 is 12.1 Å². The van der Waals surface area contributed by atoms with Crippen LogP contribution in [0.3, 0.4) is 0 Å². The van der Waals surface area contributed by atoms with Crippen LogP contribution in [0.5, 0.6) is 0 Å². The average Bonchev–Trinajstić information content (AvgIpc) is 3.00. The number of carbonyl (C=O) groups excluding carboxylic acids is 1. The van der Waals surface area contributed by atoms with Crippen LogP contribution in [0.1, 0.15) is 17.3 Å². The number of fused-ring (bicyclic) bond motifs is 1. The van der Waals surface area contributed by atoms with Gasteiger partial charge in [0.1, 0.15) is 6.61 Å². The fourth-order valence-electron chi connectivity index (χ4n) is 2.64. The van der Waals surface area contributed by atoms with Crippen molar-refractivity contribution in [3.63, 3.8) is 0 Å². The van der Waals surface area contributed by atoms with Crippen molar-refractivity contribution in [2.75, 3.05) is 6.54 Å². The first kappa shape index (κ1) is 14.2. The fourth-order valence-corrected chi connectivity index (χ4v) is 2.64. The number of hydrogen-bond acceptors (Lipinski definition) is 3. The lowest BCUT2D eigenvalue weighted by molar-refractivity contribution is -0.144. The van der Waals surface area contributed by atoms with E-state index in [-0.39, 0.29) is 6.61 Å². The minimum absolute atomic E-state index is 0.128. The molecule has 1 atom stereocenters. The molecule has 0 bridgehead atoms. The molecule has 1 aromatic carbocycles. The molecule has 0 saturated heterocycles. The van der Waals surface area contributed by atoms with Gasteiger partial charge in [0.15, 0.2) is 6.04 Å². The van der Waals surface area contributed by atoms with Gasteiger partial charge in [-0.2, -0.15) is 0 Å². The normalized spacial score (nSPS) is 16.9. The molecular formula is C16H16N2O4. The third-order valence-electron chi connectivity index (χ3n) is 3.71. The molecule has 3 rings (SSSR count). The van der Waals surface area contributed by atoms with E-state index in [9.17, 15) is 14.7 Å². The molecule has 0 fully saturated rings. The number of ether oxygens (including phenoxy) is 1. The van der Waals surface area contributed by atoms with Crippen molar-refractivity contribution in [3.05, 3.63) is 59.9 Å². The Labute approximate surface area is 127 Å². The molecule has 6 heteroatoms. The van der Waals surface area contributed by atoms with Gasteiger partial charge in [0.2, 0.25) is 0 Å². The van der Waals surface area contributed by atoms with Crippen molar-refractivity contribution in [1.82, 2.24) is 9.47 Å². The van der Waals surface area contributed by atoms with E-state index in [0.29, 0.717) is 18.8 Å². The zero-order valence-electron chi connectivity index (χ0n) is 11.9. The van der Waals surface area contributed by atoms with E-state index in [1.807, 2.05) is 41.1 Å². The maximum Gasteiger partial charge on any atom is 0.411 e. The van der Waals surface area contributed by atoms with Crippen LogP contribution in [0.2, 0.25) is 0 Å². The van der Waals surface area contributed by atoms with Crippen molar-refractivity contribution < 1.29 is 19.4 Å². The highest BCUT2D eigenvalue weighted by Crippen LogP contribution is 2.27. The van der Waals surface area contributed by atoms with Gasteiger partial charge in [0, 0.05) is 19.3 Å². The number of aromatic nitrogens is 1. The second-order valence-corrected chi connectivity index (χ2v) is 5.10. The summed E-state index contributed by atoms with van der Waals surface area (Å²) in [5, 5.41) is 9.45. The smallest absolute Gasteiger partial charge is 0.411 e. The van der Waals surface area contributed by atoms with Gasteiger partial charge in [-0.3, -0.25) is 4.90 Å². The first-order valence-electron chi connectivity index (χ1n) is 7.02. The average molecular weight is 300 g/mol. The van der Waals surface area contributed by atoms with Gasteiger partial charge in [0.05, 0.1) is 5.69 Å². The number of hydrogen-bond donors (Lipinski definition) is 1. The van der Waals surface area contributed by atoms with E-state index in [1.54, 1.807) is 12.1 Å². The highest BCUT2D eigenvalue weighted by Gasteiger charge is 2.36. The maximum absolute atomic E-state index is 12.2. The standard InChI is InChI=1S/C16H16N2O4/c19-15(20)14-13-7-4-8-17(13)9-10-18(14)16(21)22-11-12-5-2-1-3-6-12/h1-8,14H,9-11H2,(H,19,20). The lowest BCUT2D eigenvalue weighted by Gasteiger charge is -2.33. The zero-order chi connectivity index (χ0) is 15.5. The molecule has 1 aliphatic heterocycles. The van der Waals surface area contributed by atoms with Crippen molar-refractivity contribution in [2.45, 2.75) is 19.2 Å². The Morgan fingerprint density at radius 3 is 2.64 bits per heavy atom. The molecule has 0 saturated carbocycles. The number of nitrogens with zero attached hydrogens (tertiary/aromatic N) is 2. The molecule has 1 N–H and O–H groups in total. The Balaban J connectivity index is 1.73. The molecule has 1 aliphatic rings. The highest BCUT2D eigenvalue weighted by molar-refractivity contribution is 5.81. The summed E-state index contributed by atoms with van der Waals surface area (Å²) in [6.45, 7) is 1.00. The lowest BCUT2D eigenvalue weighted by atomic mass is 10.1. The van der Waals surface area contributed by atoms with E-state index in [1.165, 1.54) is 4.90 Å². The molecule has 114 valence electrons. The van der Waals surface area contributed by atoms with Gasteiger partial charge >= 0.3 is 12.1 Å². The predicted octanol–water partition coefficient (Wildman–Crippen LogP) is 2.27. The number of aliphatic carboxylic acids is 1. The lowest BCUT2D eigenvalue weighted by Crippen LogP contribution is -2.45. The number of carboxylic acids is 1. The van der Waals surface area contributed by atoms with Crippen LogP contribution in [0.25, 0.3) is 0 Å². The summed E-state index contributed by atoms with van der Waals surface area (Å²) in [5.74, 6) is -1.06. The topological polar surface area (TPSA) is 71.8 Å².